The summed E-state index contributed by atoms with van der Waals surface area (Å²) in [6.45, 7) is 0.452. The van der Waals surface area contributed by atoms with Crippen LogP contribution >= 0.6 is 11.6 Å². The first-order valence-electron chi connectivity index (χ1n) is 7.38. The number of urea groups is 1. The number of hydrogen-bond donors (Lipinski definition) is 3. The lowest BCUT2D eigenvalue weighted by molar-refractivity contribution is -0.137. The zero-order valence-electron chi connectivity index (χ0n) is 12.7. The summed E-state index contributed by atoms with van der Waals surface area (Å²) >= 11 is 5.62. The van der Waals surface area contributed by atoms with E-state index in [0.29, 0.717) is 12.1 Å². The number of carbonyl (C=O) groups excluding carboxylic acids is 2. The van der Waals surface area contributed by atoms with Crippen LogP contribution in [-0.2, 0) is 9.59 Å². The SMILES string of the molecule is O=C(O)CCCNC(=O)NC1CC(=O)N(c2ccc(Cl)c(F)c2)C1. The van der Waals surface area contributed by atoms with Crippen LogP contribution in [0.2, 0.25) is 5.02 Å². The molecule has 130 valence electrons. The van der Waals surface area contributed by atoms with E-state index in [1.807, 2.05) is 0 Å². The van der Waals surface area contributed by atoms with Crippen LogP contribution in [-0.4, -0.2) is 42.1 Å². The highest BCUT2D eigenvalue weighted by molar-refractivity contribution is 6.30. The highest BCUT2D eigenvalue weighted by Gasteiger charge is 2.31. The van der Waals surface area contributed by atoms with Crippen molar-refractivity contribution in [2.75, 3.05) is 18.0 Å². The van der Waals surface area contributed by atoms with Crippen molar-refractivity contribution in [3.63, 3.8) is 0 Å². The molecule has 1 unspecified atom stereocenters. The summed E-state index contributed by atoms with van der Waals surface area (Å²) in [5.41, 5.74) is 0.382. The van der Waals surface area contributed by atoms with Crippen molar-refractivity contribution in [1.29, 1.82) is 0 Å². The third kappa shape index (κ3) is 4.82. The number of nitrogens with zero attached hydrogens (tertiary/aromatic N) is 1. The van der Waals surface area contributed by atoms with Crippen LogP contribution in [0.5, 0.6) is 0 Å². The molecule has 3 amide bonds. The van der Waals surface area contributed by atoms with Gasteiger partial charge in [-0.2, -0.15) is 0 Å². The van der Waals surface area contributed by atoms with Crippen molar-refractivity contribution in [1.82, 2.24) is 10.6 Å². The molecule has 1 aromatic rings. The third-order valence-corrected chi connectivity index (χ3v) is 3.83. The van der Waals surface area contributed by atoms with E-state index >= 15 is 0 Å². The molecule has 0 aromatic heterocycles. The molecule has 0 bridgehead atoms. The number of amides is 3. The number of carboxylic acid groups (broad SMARTS) is 1. The zero-order valence-corrected chi connectivity index (χ0v) is 13.5. The molecule has 1 fully saturated rings. The minimum atomic E-state index is -0.926. The average Bonchev–Trinajstić information content (AvgIpc) is 2.87. The van der Waals surface area contributed by atoms with Gasteiger partial charge in [0, 0.05) is 31.6 Å². The molecule has 7 nitrogen and oxygen atoms in total. The monoisotopic (exact) mass is 357 g/mol. The van der Waals surface area contributed by atoms with Gasteiger partial charge >= 0.3 is 12.0 Å². The number of aliphatic carboxylic acids is 1. The molecule has 1 aliphatic heterocycles. The molecule has 3 N–H and O–H groups in total. The Hall–Kier alpha value is -2.35. The van der Waals surface area contributed by atoms with E-state index in [9.17, 15) is 18.8 Å². The maximum absolute atomic E-state index is 13.5. The Bertz CT molecular complexity index is 656. The second kappa shape index (κ2) is 7.96. The molecule has 1 aromatic carbocycles. The Morgan fingerprint density at radius 1 is 1.42 bits per heavy atom. The van der Waals surface area contributed by atoms with Crippen LogP contribution in [0.15, 0.2) is 18.2 Å². The number of rotatable bonds is 6. The van der Waals surface area contributed by atoms with Gasteiger partial charge in [0.05, 0.1) is 11.1 Å². The number of carboxylic acids is 1. The van der Waals surface area contributed by atoms with Crippen LogP contribution in [0.4, 0.5) is 14.9 Å². The number of benzene rings is 1. The lowest BCUT2D eigenvalue weighted by Crippen LogP contribution is -2.43. The number of hydrogen-bond acceptors (Lipinski definition) is 3. The van der Waals surface area contributed by atoms with Crippen molar-refractivity contribution >= 4 is 35.2 Å². The first kappa shape index (κ1) is 18.0. The zero-order chi connectivity index (χ0) is 17.7. The van der Waals surface area contributed by atoms with Crippen LogP contribution in [0.1, 0.15) is 19.3 Å². The van der Waals surface area contributed by atoms with Gasteiger partial charge in [0.25, 0.3) is 0 Å². The summed E-state index contributed by atoms with van der Waals surface area (Å²) in [5, 5.41) is 13.7. The molecular weight excluding hydrogens is 341 g/mol. The first-order valence-corrected chi connectivity index (χ1v) is 7.76. The van der Waals surface area contributed by atoms with Gasteiger partial charge in [-0.1, -0.05) is 11.6 Å². The lowest BCUT2D eigenvalue weighted by atomic mass is 10.2. The molecule has 1 saturated heterocycles. The van der Waals surface area contributed by atoms with Crippen molar-refractivity contribution in [2.24, 2.45) is 0 Å². The first-order chi connectivity index (χ1) is 11.4. The Labute approximate surface area is 142 Å². The molecule has 2 rings (SSSR count). The fourth-order valence-corrected chi connectivity index (χ4v) is 2.50. The number of nitrogens with one attached hydrogen (secondary N) is 2. The fourth-order valence-electron chi connectivity index (χ4n) is 2.38. The lowest BCUT2D eigenvalue weighted by Gasteiger charge is -2.17. The van der Waals surface area contributed by atoms with E-state index < -0.39 is 23.9 Å². The van der Waals surface area contributed by atoms with Gasteiger partial charge < -0.3 is 20.6 Å². The summed E-state index contributed by atoms with van der Waals surface area (Å²) < 4.78 is 13.5. The van der Waals surface area contributed by atoms with Crippen LogP contribution in [0, 0.1) is 5.82 Å². The largest absolute Gasteiger partial charge is 0.481 e. The second-order valence-electron chi connectivity index (χ2n) is 5.40. The molecule has 0 spiro atoms. The Morgan fingerprint density at radius 3 is 2.83 bits per heavy atom. The number of halogens is 2. The average molecular weight is 358 g/mol. The Kier molecular flexibility index (Phi) is 5.97. The summed E-state index contributed by atoms with van der Waals surface area (Å²) in [7, 11) is 0. The van der Waals surface area contributed by atoms with Gasteiger partial charge in [-0.25, -0.2) is 9.18 Å². The molecular formula is C15H17ClFN3O4. The molecule has 1 aliphatic rings. The molecule has 0 radical (unpaired) electrons. The van der Waals surface area contributed by atoms with Crippen molar-refractivity contribution in [2.45, 2.75) is 25.3 Å². The smallest absolute Gasteiger partial charge is 0.315 e. The maximum Gasteiger partial charge on any atom is 0.315 e. The van der Waals surface area contributed by atoms with Crippen LogP contribution in [0.25, 0.3) is 0 Å². The van der Waals surface area contributed by atoms with Gasteiger partial charge in [-0.15, -0.1) is 0 Å². The molecule has 1 atom stereocenters. The van der Waals surface area contributed by atoms with Gasteiger partial charge in [0.2, 0.25) is 5.91 Å². The predicted octanol–water partition coefficient (Wildman–Crippen LogP) is 1.75. The van der Waals surface area contributed by atoms with Gasteiger partial charge in [-0.3, -0.25) is 9.59 Å². The summed E-state index contributed by atoms with van der Waals surface area (Å²) in [6, 6.07) is 3.21. The van der Waals surface area contributed by atoms with Crippen LogP contribution in [0.3, 0.4) is 0 Å². The van der Waals surface area contributed by atoms with E-state index in [1.54, 1.807) is 0 Å². The van der Waals surface area contributed by atoms with Crippen molar-refractivity contribution < 1.29 is 23.9 Å². The van der Waals surface area contributed by atoms with E-state index in [1.165, 1.54) is 23.1 Å². The maximum atomic E-state index is 13.5. The molecule has 1 heterocycles. The van der Waals surface area contributed by atoms with Crippen molar-refractivity contribution in [3.8, 4) is 0 Å². The van der Waals surface area contributed by atoms with E-state index in [2.05, 4.69) is 10.6 Å². The fraction of sp³-hybridized carbons (Fsp3) is 0.400. The highest BCUT2D eigenvalue weighted by atomic mass is 35.5. The third-order valence-electron chi connectivity index (χ3n) is 3.53. The minimum Gasteiger partial charge on any atom is -0.481 e. The predicted molar refractivity (Wildman–Crippen MR) is 85.6 cm³/mol. The Morgan fingerprint density at radius 2 is 2.17 bits per heavy atom. The summed E-state index contributed by atoms with van der Waals surface area (Å²) in [5.74, 6) is -1.77. The number of anilines is 1. The quantitative estimate of drug-likeness (QED) is 0.675. The van der Waals surface area contributed by atoms with Crippen LogP contribution < -0.4 is 15.5 Å². The van der Waals surface area contributed by atoms with Gasteiger partial charge in [0.1, 0.15) is 5.82 Å². The molecule has 0 aliphatic carbocycles. The Balaban J connectivity index is 1.84. The van der Waals surface area contributed by atoms with E-state index in [-0.39, 0.29) is 36.9 Å². The molecule has 9 heteroatoms. The normalized spacial score (nSPS) is 17.0. The van der Waals surface area contributed by atoms with E-state index in [0.717, 1.165) is 0 Å². The van der Waals surface area contributed by atoms with Gasteiger partial charge in [-0.05, 0) is 24.6 Å². The topological polar surface area (TPSA) is 98.7 Å². The second-order valence-corrected chi connectivity index (χ2v) is 5.81. The summed E-state index contributed by atoms with van der Waals surface area (Å²) in [4.78, 5) is 35.5. The standard InChI is InChI=1S/C15H17ClFN3O4/c16-11-4-3-10(7-12(11)17)20-8-9(6-13(20)21)19-15(24)18-5-1-2-14(22)23/h3-4,7,9H,1-2,5-6,8H2,(H,22,23)(H2,18,19,24). The highest BCUT2D eigenvalue weighted by Crippen LogP contribution is 2.25. The minimum absolute atomic E-state index is 0.0270. The number of carbonyl (C=O) groups is 3. The van der Waals surface area contributed by atoms with Gasteiger partial charge in [0.15, 0.2) is 0 Å². The molecule has 0 saturated carbocycles. The summed E-state index contributed by atoms with van der Waals surface area (Å²) in [6.07, 6.45) is 0.396. The molecule has 24 heavy (non-hydrogen) atoms. The van der Waals surface area contributed by atoms with Crippen molar-refractivity contribution in [3.05, 3.63) is 29.0 Å². The van der Waals surface area contributed by atoms with E-state index in [4.69, 9.17) is 16.7 Å².